The molecule has 0 saturated heterocycles. The number of nitrogens with one attached hydrogen (secondary N) is 1. The first-order chi connectivity index (χ1) is 8.17. The summed E-state index contributed by atoms with van der Waals surface area (Å²) in [6.07, 6.45) is 0.595. The summed E-state index contributed by atoms with van der Waals surface area (Å²) in [6.45, 7) is 0. The van der Waals surface area contributed by atoms with Crippen molar-refractivity contribution >= 4 is 51.1 Å². The molecule has 0 atom stereocenters. The number of carbonyl (C=O) groups excluding carboxylic acids is 2. The van der Waals surface area contributed by atoms with Crippen LogP contribution < -0.4 is 5.32 Å². The molecule has 0 aliphatic carbocycles. The number of anilines is 1. The van der Waals surface area contributed by atoms with Gasteiger partial charge in [0.05, 0.1) is 12.1 Å². The molecule has 1 heterocycles. The summed E-state index contributed by atoms with van der Waals surface area (Å²) in [4.78, 5) is 22.1. The number of esters is 1. The largest absolute Gasteiger partial charge is 0.465 e. The van der Waals surface area contributed by atoms with Gasteiger partial charge in [-0.3, -0.25) is 4.79 Å². The molecule has 0 fully saturated rings. The van der Waals surface area contributed by atoms with Gasteiger partial charge in [-0.05, 0) is 18.2 Å². The van der Waals surface area contributed by atoms with Crippen LogP contribution >= 0.6 is 22.9 Å². The molecule has 0 bridgehead atoms. The lowest BCUT2D eigenvalue weighted by molar-refractivity contribution is -0.105. The predicted molar refractivity (Wildman–Crippen MR) is 67.9 cm³/mol. The van der Waals surface area contributed by atoms with Crippen molar-refractivity contribution in [3.05, 3.63) is 28.1 Å². The molecule has 0 aliphatic rings. The number of ether oxygens (including phenoxy) is 1. The summed E-state index contributed by atoms with van der Waals surface area (Å²) >= 11 is 7.31. The fourth-order valence-electron chi connectivity index (χ4n) is 1.45. The van der Waals surface area contributed by atoms with Crippen molar-refractivity contribution in [2.45, 2.75) is 0 Å². The highest BCUT2D eigenvalue weighted by molar-refractivity contribution is 7.21. The Kier molecular flexibility index (Phi) is 3.31. The first-order valence-electron chi connectivity index (χ1n) is 4.68. The van der Waals surface area contributed by atoms with Crippen molar-refractivity contribution in [3.8, 4) is 0 Å². The third-order valence-corrected chi connectivity index (χ3v) is 3.86. The first-order valence-corrected chi connectivity index (χ1v) is 5.87. The summed E-state index contributed by atoms with van der Waals surface area (Å²) in [6, 6.07) is 5.23. The van der Waals surface area contributed by atoms with Crippen LogP contribution in [-0.4, -0.2) is 19.5 Å². The molecule has 1 aromatic carbocycles. The molecule has 1 aromatic heterocycles. The van der Waals surface area contributed by atoms with Gasteiger partial charge in [-0.15, -0.1) is 11.3 Å². The lowest BCUT2D eigenvalue weighted by Crippen LogP contribution is -1.97. The van der Waals surface area contributed by atoms with E-state index in [9.17, 15) is 9.59 Å². The molecule has 6 heteroatoms. The Morgan fingerprint density at radius 2 is 2.29 bits per heavy atom. The number of benzene rings is 1. The van der Waals surface area contributed by atoms with Crippen LogP contribution in [-0.2, 0) is 9.53 Å². The van der Waals surface area contributed by atoms with Crippen LogP contribution in [0.4, 0.5) is 5.69 Å². The second-order valence-corrected chi connectivity index (χ2v) is 4.64. The standard InChI is InChI=1S/C11H8ClNO3S/c1-16-11(15)10-9(12)7-3-2-6(13-5-14)4-8(7)17-10/h2-5H,1H3,(H,13,14). The molecule has 2 aromatic rings. The minimum Gasteiger partial charge on any atom is -0.465 e. The van der Waals surface area contributed by atoms with Gasteiger partial charge in [0.25, 0.3) is 0 Å². The number of methoxy groups -OCH3 is 1. The number of rotatable bonds is 3. The predicted octanol–water partition coefficient (Wildman–Crippen LogP) is 2.91. The molecule has 88 valence electrons. The van der Waals surface area contributed by atoms with Gasteiger partial charge < -0.3 is 10.1 Å². The summed E-state index contributed by atoms with van der Waals surface area (Å²) in [5, 5.41) is 3.69. The Bertz CT molecular complexity index is 594. The van der Waals surface area contributed by atoms with Crippen molar-refractivity contribution in [2.24, 2.45) is 0 Å². The van der Waals surface area contributed by atoms with Gasteiger partial charge in [0, 0.05) is 15.8 Å². The number of hydrogen-bond donors (Lipinski definition) is 1. The van der Waals surface area contributed by atoms with Crippen LogP contribution in [0, 0.1) is 0 Å². The average Bonchev–Trinajstić information content (AvgIpc) is 2.66. The van der Waals surface area contributed by atoms with E-state index in [0.717, 1.165) is 10.1 Å². The Balaban J connectivity index is 2.56. The quantitative estimate of drug-likeness (QED) is 0.688. The molecule has 1 amide bonds. The maximum Gasteiger partial charge on any atom is 0.349 e. The second-order valence-electron chi connectivity index (χ2n) is 3.21. The van der Waals surface area contributed by atoms with Gasteiger partial charge in [0.1, 0.15) is 4.88 Å². The number of hydrogen-bond acceptors (Lipinski definition) is 4. The van der Waals surface area contributed by atoms with Gasteiger partial charge in [0.15, 0.2) is 0 Å². The molecule has 1 N–H and O–H groups in total. The van der Waals surface area contributed by atoms with E-state index < -0.39 is 5.97 Å². The van der Waals surface area contributed by atoms with E-state index in [1.54, 1.807) is 18.2 Å². The van der Waals surface area contributed by atoms with Crippen LogP contribution in [0.1, 0.15) is 9.67 Å². The molecule has 0 aliphatic heterocycles. The monoisotopic (exact) mass is 269 g/mol. The normalized spacial score (nSPS) is 10.2. The van der Waals surface area contributed by atoms with Gasteiger partial charge in [-0.25, -0.2) is 4.79 Å². The van der Waals surface area contributed by atoms with Crippen LogP contribution in [0.3, 0.4) is 0 Å². The number of fused-ring (bicyclic) bond motifs is 1. The van der Waals surface area contributed by atoms with Crippen LogP contribution in [0.5, 0.6) is 0 Å². The zero-order chi connectivity index (χ0) is 12.4. The van der Waals surface area contributed by atoms with Crippen LogP contribution in [0.15, 0.2) is 18.2 Å². The minimum absolute atomic E-state index is 0.368. The topological polar surface area (TPSA) is 55.4 Å². The molecule has 17 heavy (non-hydrogen) atoms. The highest BCUT2D eigenvalue weighted by Gasteiger charge is 2.17. The molecule has 0 spiro atoms. The molecular weight excluding hydrogens is 262 g/mol. The number of halogens is 1. The molecule has 2 rings (SSSR count). The SMILES string of the molecule is COC(=O)c1sc2cc(NC=O)ccc2c1Cl. The molecule has 0 unspecified atom stereocenters. The van der Waals surface area contributed by atoms with Gasteiger partial charge >= 0.3 is 5.97 Å². The molecule has 4 nitrogen and oxygen atoms in total. The zero-order valence-electron chi connectivity index (χ0n) is 8.82. The highest BCUT2D eigenvalue weighted by atomic mass is 35.5. The Hall–Kier alpha value is -1.59. The third kappa shape index (κ3) is 2.11. The van der Waals surface area contributed by atoms with Crippen molar-refractivity contribution in [2.75, 3.05) is 12.4 Å². The third-order valence-electron chi connectivity index (χ3n) is 2.23. The lowest BCUT2D eigenvalue weighted by atomic mass is 10.2. The average molecular weight is 270 g/mol. The van der Waals surface area contributed by atoms with E-state index in [1.165, 1.54) is 18.4 Å². The van der Waals surface area contributed by atoms with Crippen molar-refractivity contribution in [3.63, 3.8) is 0 Å². The fraction of sp³-hybridized carbons (Fsp3) is 0.0909. The lowest BCUT2D eigenvalue weighted by Gasteiger charge is -1.97. The minimum atomic E-state index is -0.457. The maximum atomic E-state index is 11.4. The van der Waals surface area contributed by atoms with Crippen LogP contribution in [0.25, 0.3) is 10.1 Å². The summed E-state index contributed by atoms with van der Waals surface area (Å²) < 4.78 is 5.46. The van der Waals surface area contributed by atoms with E-state index in [-0.39, 0.29) is 0 Å². The molecule has 0 radical (unpaired) electrons. The van der Waals surface area contributed by atoms with Crippen molar-refractivity contribution < 1.29 is 14.3 Å². The number of amides is 1. The summed E-state index contributed by atoms with van der Waals surface area (Å²) in [5.41, 5.74) is 0.654. The van der Waals surface area contributed by atoms with E-state index in [1.807, 2.05) is 0 Å². The molecular formula is C11H8ClNO3S. The fourth-order valence-corrected chi connectivity index (χ4v) is 2.91. The Morgan fingerprint density at radius 1 is 1.53 bits per heavy atom. The number of thiophene rings is 1. The second kappa shape index (κ2) is 4.73. The summed E-state index contributed by atoms with van der Waals surface area (Å²) in [5.74, 6) is -0.457. The van der Waals surface area contributed by atoms with E-state index in [4.69, 9.17) is 11.6 Å². The van der Waals surface area contributed by atoms with Gasteiger partial charge in [-0.1, -0.05) is 11.6 Å². The van der Waals surface area contributed by atoms with Gasteiger partial charge in [-0.2, -0.15) is 0 Å². The van der Waals surface area contributed by atoms with Crippen molar-refractivity contribution in [1.82, 2.24) is 0 Å². The highest BCUT2D eigenvalue weighted by Crippen LogP contribution is 2.36. The zero-order valence-corrected chi connectivity index (χ0v) is 10.4. The summed E-state index contributed by atoms with van der Waals surface area (Å²) in [7, 11) is 1.31. The van der Waals surface area contributed by atoms with E-state index >= 15 is 0 Å². The maximum absolute atomic E-state index is 11.4. The van der Waals surface area contributed by atoms with E-state index in [2.05, 4.69) is 10.1 Å². The van der Waals surface area contributed by atoms with Gasteiger partial charge in [0.2, 0.25) is 6.41 Å². The smallest absolute Gasteiger partial charge is 0.349 e. The Labute approximate surface area is 106 Å². The Morgan fingerprint density at radius 3 is 2.94 bits per heavy atom. The van der Waals surface area contributed by atoms with E-state index in [0.29, 0.717) is 22.0 Å². The van der Waals surface area contributed by atoms with Crippen LogP contribution in [0.2, 0.25) is 5.02 Å². The molecule has 0 saturated carbocycles. The van der Waals surface area contributed by atoms with Crippen molar-refractivity contribution in [1.29, 1.82) is 0 Å². The first kappa shape index (κ1) is 11.9. The number of carbonyl (C=O) groups is 2.